The molecule has 0 amide bonds. The highest BCUT2D eigenvalue weighted by Crippen LogP contribution is 2.18. The summed E-state index contributed by atoms with van der Waals surface area (Å²) >= 11 is 1.46. The Balaban J connectivity index is 3.02. The van der Waals surface area contributed by atoms with Gasteiger partial charge in [0.2, 0.25) is 0 Å². The van der Waals surface area contributed by atoms with Gasteiger partial charge < -0.3 is 0 Å². The highest BCUT2D eigenvalue weighted by molar-refractivity contribution is 7.13. The van der Waals surface area contributed by atoms with Gasteiger partial charge in [0.25, 0.3) is 0 Å². The maximum Gasteiger partial charge on any atom is 0.197 e. The molecule has 3 heteroatoms. The summed E-state index contributed by atoms with van der Waals surface area (Å²) in [6.07, 6.45) is 1.65. The molecule has 0 saturated carbocycles. The molecule has 0 radical (unpaired) electrons. The average Bonchev–Trinajstić information content (AvgIpc) is 2.28. The van der Waals surface area contributed by atoms with Gasteiger partial charge in [0.05, 0.1) is 15.6 Å². The van der Waals surface area contributed by atoms with Gasteiger partial charge in [-0.3, -0.25) is 4.79 Å². The van der Waals surface area contributed by atoms with Crippen LogP contribution in [0.4, 0.5) is 0 Å². The van der Waals surface area contributed by atoms with E-state index in [-0.39, 0.29) is 5.78 Å². The fraction of sp³-hybridized carbons (Fsp3) is 0.400. The summed E-state index contributed by atoms with van der Waals surface area (Å²) in [5.41, 5.74) is 1.86. The van der Waals surface area contributed by atoms with E-state index in [1.54, 1.807) is 6.08 Å². The summed E-state index contributed by atoms with van der Waals surface area (Å²) in [5.74, 6) is 0.0723. The fourth-order valence-electron chi connectivity index (χ4n) is 1.09. The molecule has 0 spiro atoms. The van der Waals surface area contributed by atoms with Crippen molar-refractivity contribution in [2.75, 3.05) is 0 Å². The van der Waals surface area contributed by atoms with Crippen LogP contribution in [0.3, 0.4) is 0 Å². The van der Waals surface area contributed by atoms with E-state index in [2.05, 4.69) is 4.98 Å². The summed E-state index contributed by atoms with van der Waals surface area (Å²) in [7, 11) is 0. The zero-order chi connectivity index (χ0) is 10.0. The third-order valence-corrected chi connectivity index (χ3v) is 2.63. The number of thiazole rings is 1. The Bertz CT molecular complexity index is 359. The summed E-state index contributed by atoms with van der Waals surface area (Å²) in [4.78, 5) is 16.6. The number of hydrogen-bond acceptors (Lipinski definition) is 3. The number of aryl methyl sites for hydroxylation is 2. The van der Waals surface area contributed by atoms with E-state index in [0.29, 0.717) is 0 Å². The molecule has 1 rings (SSSR count). The molecule has 1 aromatic heterocycles. The van der Waals surface area contributed by atoms with Crippen LogP contribution in [0.5, 0.6) is 0 Å². The van der Waals surface area contributed by atoms with Gasteiger partial charge in [-0.25, -0.2) is 4.98 Å². The normalized spacial score (nSPS) is 9.85. The minimum Gasteiger partial charge on any atom is -0.288 e. The second kappa shape index (κ2) is 3.83. The number of aromatic nitrogens is 1. The molecule has 0 atom stereocenters. The van der Waals surface area contributed by atoms with E-state index >= 15 is 0 Å². The number of rotatable bonds is 2. The van der Waals surface area contributed by atoms with Gasteiger partial charge in [0.1, 0.15) is 0 Å². The highest BCUT2D eigenvalue weighted by atomic mass is 32.1. The molecule has 0 N–H and O–H groups in total. The summed E-state index contributed by atoms with van der Waals surface area (Å²) in [5, 5.41) is 0.947. The number of allylic oxidation sites excluding steroid dienone is 2. The molecular formula is C10H13NOS. The lowest BCUT2D eigenvalue weighted by atomic mass is 10.2. The molecule has 70 valence electrons. The Morgan fingerprint density at radius 1 is 1.38 bits per heavy atom. The van der Waals surface area contributed by atoms with Gasteiger partial charge >= 0.3 is 0 Å². The Hall–Kier alpha value is -0.960. The van der Waals surface area contributed by atoms with Crippen molar-refractivity contribution in [3.05, 3.63) is 27.2 Å². The first-order valence-corrected chi connectivity index (χ1v) is 4.95. The van der Waals surface area contributed by atoms with Gasteiger partial charge in [0, 0.05) is 0 Å². The molecule has 0 aliphatic carbocycles. The van der Waals surface area contributed by atoms with Gasteiger partial charge in [-0.15, -0.1) is 11.3 Å². The van der Waals surface area contributed by atoms with Crippen molar-refractivity contribution in [3.8, 4) is 0 Å². The zero-order valence-corrected chi connectivity index (χ0v) is 9.16. The molecule has 0 aliphatic heterocycles. The molecule has 0 aliphatic rings. The van der Waals surface area contributed by atoms with E-state index in [1.807, 2.05) is 27.7 Å². The predicted octanol–water partition coefficient (Wildman–Crippen LogP) is 2.91. The van der Waals surface area contributed by atoms with E-state index in [0.717, 1.165) is 21.2 Å². The molecule has 1 heterocycles. The number of hydrogen-bond donors (Lipinski definition) is 0. The molecule has 13 heavy (non-hydrogen) atoms. The van der Waals surface area contributed by atoms with Crippen molar-refractivity contribution >= 4 is 17.1 Å². The molecule has 0 fully saturated rings. The van der Waals surface area contributed by atoms with Crippen molar-refractivity contribution in [2.24, 2.45) is 0 Å². The number of ketones is 1. The Morgan fingerprint density at radius 3 is 2.38 bits per heavy atom. The second-order valence-corrected chi connectivity index (χ2v) is 4.44. The van der Waals surface area contributed by atoms with Crippen LogP contribution < -0.4 is 0 Å². The molecule has 0 unspecified atom stereocenters. The van der Waals surface area contributed by atoms with E-state index in [4.69, 9.17) is 0 Å². The van der Waals surface area contributed by atoms with Gasteiger partial charge in [0.15, 0.2) is 5.78 Å². The lowest BCUT2D eigenvalue weighted by Crippen LogP contribution is -1.94. The van der Waals surface area contributed by atoms with Crippen LogP contribution >= 0.6 is 11.3 Å². The molecule has 0 aromatic carbocycles. The first-order valence-electron chi connectivity index (χ1n) is 4.14. The third kappa shape index (κ3) is 2.49. The maximum atomic E-state index is 11.6. The van der Waals surface area contributed by atoms with Crippen molar-refractivity contribution in [1.82, 2.24) is 4.98 Å². The van der Waals surface area contributed by atoms with Crippen molar-refractivity contribution in [1.29, 1.82) is 0 Å². The van der Waals surface area contributed by atoms with Gasteiger partial charge in [-0.05, 0) is 33.8 Å². The molecule has 1 aromatic rings. The maximum absolute atomic E-state index is 11.6. The molecule has 2 nitrogen and oxygen atoms in total. The Kier molecular flexibility index (Phi) is 2.98. The Morgan fingerprint density at radius 2 is 2.00 bits per heavy atom. The quantitative estimate of drug-likeness (QED) is 0.536. The zero-order valence-electron chi connectivity index (χ0n) is 8.34. The second-order valence-electron chi connectivity index (χ2n) is 3.23. The van der Waals surface area contributed by atoms with Crippen molar-refractivity contribution in [2.45, 2.75) is 27.7 Å². The smallest absolute Gasteiger partial charge is 0.197 e. The van der Waals surface area contributed by atoms with E-state index in [9.17, 15) is 4.79 Å². The van der Waals surface area contributed by atoms with Crippen molar-refractivity contribution < 1.29 is 4.79 Å². The molecular weight excluding hydrogens is 182 g/mol. The monoisotopic (exact) mass is 195 g/mol. The summed E-state index contributed by atoms with van der Waals surface area (Å²) < 4.78 is 0. The van der Waals surface area contributed by atoms with E-state index < -0.39 is 0 Å². The molecule has 0 bridgehead atoms. The number of nitrogens with zero attached hydrogens (tertiary/aromatic N) is 1. The van der Waals surface area contributed by atoms with Crippen molar-refractivity contribution in [3.63, 3.8) is 0 Å². The standard InChI is InChI=1S/C10H13NOS/c1-6(2)5-9(12)10-7(3)11-8(4)13-10/h5H,1-4H3. The third-order valence-electron chi connectivity index (χ3n) is 1.55. The Labute approximate surface area is 82.3 Å². The lowest BCUT2D eigenvalue weighted by Gasteiger charge is -1.91. The van der Waals surface area contributed by atoms with Crippen LogP contribution in [0.15, 0.2) is 11.6 Å². The van der Waals surface area contributed by atoms with Gasteiger partial charge in [-0.2, -0.15) is 0 Å². The van der Waals surface area contributed by atoms with Crippen LogP contribution in [0.1, 0.15) is 34.2 Å². The van der Waals surface area contributed by atoms with Crippen LogP contribution in [-0.4, -0.2) is 10.8 Å². The lowest BCUT2D eigenvalue weighted by molar-refractivity contribution is 0.104. The van der Waals surface area contributed by atoms with E-state index in [1.165, 1.54) is 11.3 Å². The average molecular weight is 195 g/mol. The van der Waals surface area contributed by atoms with Crippen LogP contribution in [0.2, 0.25) is 0 Å². The van der Waals surface area contributed by atoms with Gasteiger partial charge in [-0.1, -0.05) is 5.57 Å². The van der Waals surface area contributed by atoms with Crippen LogP contribution in [0.25, 0.3) is 0 Å². The first kappa shape index (κ1) is 10.1. The molecule has 0 saturated heterocycles. The minimum atomic E-state index is 0.0723. The summed E-state index contributed by atoms with van der Waals surface area (Å²) in [6, 6.07) is 0. The minimum absolute atomic E-state index is 0.0723. The van der Waals surface area contributed by atoms with Crippen LogP contribution in [-0.2, 0) is 0 Å². The number of carbonyl (C=O) groups is 1. The topological polar surface area (TPSA) is 30.0 Å². The largest absolute Gasteiger partial charge is 0.288 e. The van der Waals surface area contributed by atoms with Crippen LogP contribution in [0, 0.1) is 13.8 Å². The SMILES string of the molecule is CC(C)=CC(=O)c1sc(C)nc1C. The summed E-state index contributed by atoms with van der Waals surface area (Å²) in [6.45, 7) is 7.62. The highest BCUT2D eigenvalue weighted by Gasteiger charge is 2.10. The predicted molar refractivity (Wildman–Crippen MR) is 55.3 cm³/mol. The first-order chi connectivity index (χ1) is 6.00. The fourth-order valence-corrected chi connectivity index (χ4v) is 1.92. The number of carbonyl (C=O) groups excluding carboxylic acids is 1.